The monoisotopic (exact) mass is 476 g/mol. The molecule has 0 unspecified atom stereocenters. The summed E-state index contributed by atoms with van der Waals surface area (Å²) in [6.45, 7) is 4.48. The van der Waals surface area contributed by atoms with Gasteiger partial charge >= 0.3 is 0 Å². The Morgan fingerprint density at radius 1 is 1.03 bits per heavy atom. The molecule has 11 nitrogen and oxygen atoms in total. The van der Waals surface area contributed by atoms with Crippen molar-refractivity contribution < 1.29 is 23.6 Å². The number of aryl methyl sites for hydroxylation is 1. The fourth-order valence-corrected chi connectivity index (χ4v) is 4.15. The molecule has 11 heteroatoms. The normalized spacial score (nSPS) is 18.9. The van der Waals surface area contributed by atoms with Crippen LogP contribution in [0.15, 0.2) is 57.3 Å². The van der Waals surface area contributed by atoms with Gasteiger partial charge < -0.3 is 14.0 Å². The summed E-state index contributed by atoms with van der Waals surface area (Å²) in [4.78, 5) is 31.7. The fourth-order valence-electron chi connectivity index (χ4n) is 4.15. The third-order valence-corrected chi connectivity index (χ3v) is 5.95. The van der Waals surface area contributed by atoms with Crippen molar-refractivity contribution in [3.05, 3.63) is 53.9 Å². The van der Waals surface area contributed by atoms with Crippen LogP contribution in [-0.4, -0.2) is 52.8 Å². The first-order valence-corrected chi connectivity index (χ1v) is 11.3. The molecule has 0 bridgehead atoms. The number of fused-ring (bicyclic) bond motifs is 1. The lowest BCUT2D eigenvalue weighted by Gasteiger charge is -2.19. The van der Waals surface area contributed by atoms with Gasteiger partial charge in [0.05, 0.1) is 19.4 Å². The van der Waals surface area contributed by atoms with Crippen molar-refractivity contribution in [1.82, 2.24) is 15.1 Å². The van der Waals surface area contributed by atoms with Gasteiger partial charge in [0.1, 0.15) is 6.54 Å². The van der Waals surface area contributed by atoms with Crippen molar-refractivity contribution >= 4 is 17.5 Å². The Kier molecular flexibility index (Phi) is 5.89. The molecule has 1 aromatic heterocycles. The molecule has 0 aliphatic carbocycles. The molecule has 2 atom stereocenters. The molecule has 2 aromatic carbocycles. The molecule has 3 heterocycles. The smallest absolute Gasteiger partial charge is 0.263 e. The molecule has 35 heavy (non-hydrogen) atoms. The first-order chi connectivity index (χ1) is 17.0. The van der Waals surface area contributed by atoms with E-state index in [1.807, 2.05) is 26.0 Å². The summed E-state index contributed by atoms with van der Waals surface area (Å²) in [5, 5.41) is 13.5. The molecule has 2 amide bonds. The lowest BCUT2D eigenvalue weighted by molar-refractivity contribution is -0.123. The van der Waals surface area contributed by atoms with E-state index in [2.05, 4.69) is 20.5 Å². The van der Waals surface area contributed by atoms with Crippen molar-refractivity contribution in [1.29, 1.82) is 0 Å². The quantitative estimate of drug-likeness (QED) is 0.454. The average Bonchev–Trinajstić information content (AvgIpc) is 3.58. The Morgan fingerprint density at radius 2 is 1.83 bits per heavy atom. The minimum absolute atomic E-state index is 0.0352. The molecular weight excluding hydrogens is 452 g/mol. The standard InChI is InChI=1S/C24H24N6O5/c1-4-14-6-9-16(10-7-14)30-23(31)20-21(24(30)32)29(28-26-20)13-19-25-22(27-35-19)15-8-11-17(34-5-2)18(12-15)33-3/h6-12,20-21H,4-5,13H2,1-3H3/t20-,21+/m1/s1. The van der Waals surface area contributed by atoms with Crippen LogP contribution in [0.2, 0.25) is 0 Å². The van der Waals surface area contributed by atoms with Crippen molar-refractivity contribution in [2.45, 2.75) is 38.9 Å². The highest BCUT2D eigenvalue weighted by Gasteiger charge is 2.55. The van der Waals surface area contributed by atoms with Crippen LogP contribution in [0.5, 0.6) is 11.5 Å². The third kappa shape index (κ3) is 3.98. The second-order valence-electron chi connectivity index (χ2n) is 8.03. The number of amides is 2. The van der Waals surface area contributed by atoms with Crippen molar-refractivity contribution in [2.75, 3.05) is 18.6 Å². The first-order valence-electron chi connectivity index (χ1n) is 11.3. The van der Waals surface area contributed by atoms with Crippen LogP contribution in [0.1, 0.15) is 25.3 Å². The Morgan fingerprint density at radius 3 is 2.54 bits per heavy atom. The van der Waals surface area contributed by atoms with Crippen LogP contribution in [-0.2, 0) is 22.6 Å². The number of ether oxygens (including phenoxy) is 2. The second-order valence-corrected chi connectivity index (χ2v) is 8.03. The number of carbonyl (C=O) groups excluding carboxylic acids is 2. The van der Waals surface area contributed by atoms with Crippen molar-refractivity contribution in [2.24, 2.45) is 10.3 Å². The lowest BCUT2D eigenvalue weighted by Crippen LogP contribution is -2.39. The number of hydrogen-bond acceptors (Lipinski definition) is 10. The number of anilines is 1. The maximum atomic E-state index is 13.2. The predicted molar refractivity (Wildman–Crippen MR) is 124 cm³/mol. The molecule has 1 fully saturated rings. The molecule has 0 radical (unpaired) electrons. The maximum Gasteiger partial charge on any atom is 0.263 e. The first kappa shape index (κ1) is 22.5. The third-order valence-electron chi connectivity index (χ3n) is 5.95. The highest BCUT2D eigenvalue weighted by atomic mass is 16.5. The van der Waals surface area contributed by atoms with E-state index in [9.17, 15) is 9.59 Å². The Labute approximate surface area is 201 Å². The van der Waals surface area contributed by atoms with Crippen LogP contribution in [0.3, 0.4) is 0 Å². The second kappa shape index (κ2) is 9.16. The van der Waals surface area contributed by atoms with E-state index in [-0.39, 0.29) is 18.3 Å². The van der Waals surface area contributed by atoms with Crippen LogP contribution < -0.4 is 14.4 Å². The van der Waals surface area contributed by atoms with Gasteiger partial charge in [-0.2, -0.15) is 10.1 Å². The fraction of sp³-hybridized carbons (Fsp3) is 0.333. The molecule has 2 aliphatic rings. The largest absolute Gasteiger partial charge is 0.493 e. The van der Waals surface area contributed by atoms with Gasteiger partial charge in [-0.3, -0.25) is 14.6 Å². The highest BCUT2D eigenvalue weighted by molar-refractivity contribution is 6.25. The van der Waals surface area contributed by atoms with Crippen molar-refractivity contribution in [3.63, 3.8) is 0 Å². The molecular formula is C24H24N6O5. The van der Waals surface area contributed by atoms with Gasteiger partial charge in [-0.25, -0.2) is 4.90 Å². The molecule has 0 spiro atoms. The van der Waals surface area contributed by atoms with Crippen LogP contribution in [0, 0.1) is 0 Å². The summed E-state index contributed by atoms with van der Waals surface area (Å²) in [7, 11) is 1.55. The molecule has 5 rings (SSSR count). The summed E-state index contributed by atoms with van der Waals surface area (Å²) >= 11 is 0. The minimum atomic E-state index is -0.897. The predicted octanol–water partition coefficient (Wildman–Crippen LogP) is 3.20. The Bertz CT molecular complexity index is 1290. The van der Waals surface area contributed by atoms with Crippen molar-refractivity contribution in [3.8, 4) is 22.9 Å². The molecule has 3 aromatic rings. The number of rotatable bonds is 8. The van der Waals surface area contributed by atoms with Gasteiger partial charge in [0, 0.05) is 5.56 Å². The molecule has 2 aliphatic heterocycles. The summed E-state index contributed by atoms with van der Waals surface area (Å²) in [5.74, 6) is 0.964. The molecule has 0 saturated carbocycles. The maximum absolute atomic E-state index is 13.2. The summed E-state index contributed by atoms with van der Waals surface area (Å²) in [5.41, 5.74) is 2.31. The highest BCUT2D eigenvalue weighted by Crippen LogP contribution is 2.34. The SMILES string of the molecule is CCOc1ccc(-c2noc(CN3N=N[C@H]4C(=O)N(c5ccc(CC)cc5)C(=O)[C@H]43)n2)cc1OC. The Hall–Kier alpha value is -4.28. The van der Waals surface area contributed by atoms with Crippen LogP contribution in [0.25, 0.3) is 11.4 Å². The van der Waals surface area contributed by atoms with Gasteiger partial charge in [-0.15, -0.1) is 0 Å². The van der Waals surface area contributed by atoms with E-state index in [1.54, 1.807) is 37.4 Å². The average molecular weight is 476 g/mol. The van der Waals surface area contributed by atoms with Gasteiger partial charge in [0.25, 0.3) is 11.8 Å². The number of methoxy groups -OCH3 is 1. The van der Waals surface area contributed by atoms with Gasteiger partial charge in [0.15, 0.2) is 23.6 Å². The number of benzene rings is 2. The zero-order valence-corrected chi connectivity index (χ0v) is 19.5. The number of carbonyl (C=O) groups is 2. The number of nitrogens with zero attached hydrogens (tertiary/aromatic N) is 6. The van der Waals surface area contributed by atoms with E-state index in [0.717, 1.165) is 12.0 Å². The van der Waals surface area contributed by atoms with E-state index in [4.69, 9.17) is 14.0 Å². The summed E-state index contributed by atoms with van der Waals surface area (Å²) < 4.78 is 16.3. The van der Waals surface area contributed by atoms with E-state index >= 15 is 0 Å². The van der Waals surface area contributed by atoms with Gasteiger partial charge in [-0.05, 0) is 49.2 Å². The number of imide groups is 1. The zero-order chi connectivity index (χ0) is 24.5. The zero-order valence-electron chi connectivity index (χ0n) is 19.5. The van der Waals surface area contributed by atoms with Gasteiger partial charge in [-0.1, -0.05) is 29.4 Å². The minimum Gasteiger partial charge on any atom is -0.493 e. The summed E-state index contributed by atoms with van der Waals surface area (Å²) in [6, 6.07) is 10.9. The number of hydrogen-bond donors (Lipinski definition) is 0. The van der Waals surface area contributed by atoms with E-state index in [1.165, 1.54) is 9.91 Å². The van der Waals surface area contributed by atoms with Crippen LogP contribution in [0.4, 0.5) is 5.69 Å². The van der Waals surface area contributed by atoms with Gasteiger partial charge in [0.2, 0.25) is 11.7 Å². The lowest BCUT2D eigenvalue weighted by atomic mass is 10.1. The molecule has 1 saturated heterocycles. The van der Waals surface area contributed by atoms with Crippen LogP contribution >= 0.6 is 0 Å². The Balaban J connectivity index is 1.33. The van der Waals surface area contributed by atoms with E-state index in [0.29, 0.717) is 35.2 Å². The molecule has 180 valence electrons. The number of aromatic nitrogens is 2. The van der Waals surface area contributed by atoms with E-state index < -0.39 is 18.0 Å². The topological polar surface area (TPSA) is 123 Å². The summed E-state index contributed by atoms with van der Waals surface area (Å²) in [6.07, 6.45) is 0.866. The molecule has 0 N–H and O–H groups in total.